The van der Waals surface area contributed by atoms with E-state index in [1.807, 2.05) is 0 Å². The number of hydrogen-bond donors (Lipinski definition) is 1. The van der Waals surface area contributed by atoms with Gasteiger partial charge in [-0.2, -0.15) is 0 Å². The summed E-state index contributed by atoms with van der Waals surface area (Å²) in [7, 11) is 1.20. The first kappa shape index (κ1) is 12.0. The van der Waals surface area contributed by atoms with Gasteiger partial charge < -0.3 is 19.5 Å². The highest BCUT2D eigenvalue weighted by Crippen LogP contribution is 1.98. The molecule has 7 heteroatoms. The van der Waals surface area contributed by atoms with Crippen molar-refractivity contribution < 1.29 is 28.6 Å². The summed E-state index contributed by atoms with van der Waals surface area (Å²) in [6.45, 7) is 0.156. The van der Waals surface area contributed by atoms with Crippen molar-refractivity contribution >= 4 is 18.0 Å². The number of carbonyl (C=O) groups excluding carboxylic acids is 3. The van der Waals surface area contributed by atoms with Gasteiger partial charge in [0.05, 0.1) is 7.11 Å². The van der Waals surface area contributed by atoms with Gasteiger partial charge in [-0.1, -0.05) is 0 Å². The number of amides is 1. The van der Waals surface area contributed by atoms with E-state index in [1.165, 1.54) is 7.11 Å². The Morgan fingerprint density at radius 1 is 1.50 bits per heavy atom. The molecule has 1 amide bonds. The van der Waals surface area contributed by atoms with Crippen LogP contribution in [-0.4, -0.2) is 44.4 Å². The molecule has 0 unspecified atom stereocenters. The third-order valence-corrected chi connectivity index (χ3v) is 1.72. The van der Waals surface area contributed by atoms with Crippen LogP contribution in [-0.2, 0) is 23.8 Å². The number of hydrogen-bond acceptors (Lipinski definition) is 6. The molecule has 0 bridgehead atoms. The Morgan fingerprint density at radius 3 is 2.75 bits per heavy atom. The molecule has 1 saturated heterocycles. The van der Waals surface area contributed by atoms with Crippen molar-refractivity contribution in [3.8, 4) is 0 Å². The molecule has 88 valence electrons. The Kier molecular flexibility index (Phi) is 4.31. The number of rotatable bonds is 4. The second-order valence-corrected chi connectivity index (χ2v) is 2.93. The lowest BCUT2D eigenvalue weighted by atomic mass is 10.3. The normalized spacial score (nSPS) is 19.1. The summed E-state index contributed by atoms with van der Waals surface area (Å²) in [6.07, 6.45) is 1.36. The molecule has 0 radical (unpaired) electrons. The zero-order valence-corrected chi connectivity index (χ0v) is 8.60. The maximum absolute atomic E-state index is 11.0. The SMILES string of the molecule is COC(=O)/C=C/C(=O)OC[C@@H]1COC(=O)N1. The number of nitrogens with one attached hydrogen (secondary N) is 1. The standard InChI is InChI=1S/C9H11NO6/c1-14-7(11)2-3-8(12)15-4-6-5-16-9(13)10-6/h2-3,6H,4-5H2,1H3,(H,10,13)/b3-2+/t6-/m1/s1. The molecule has 1 aliphatic rings. The minimum Gasteiger partial charge on any atom is -0.466 e. The van der Waals surface area contributed by atoms with Crippen LogP contribution in [0.5, 0.6) is 0 Å². The molecule has 0 saturated carbocycles. The fourth-order valence-electron chi connectivity index (χ4n) is 0.951. The quantitative estimate of drug-likeness (QED) is 0.392. The average molecular weight is 229 g/mol. The van der Waals surface area contributed by atoms with Gasteiger partial charge in [-0.3, -0.25) is 0 Å². The monoisotopic (exact) mass is 229 g/mol. The molecule has 0 aliphatic carbocycles. The summed E-state index contributed by atoms with van der Waals surface area (Å²) in [5.41, 5.74) is 0. The molecule has 0 spiro atoms. The number of alkyl carbamates (subject to hydrolysis) is 1. The van der Waals surface area contributed by atoms with E-state index in [4.69, 9.17) is 4.74 Å². The smallest absolute Gasteiger partial charge is 0.407 e. The number of methoxy groups -OCH3 is 1. The first-order valence-corrected chi connectivity index (χ1v) is 4.48. The van der Waals surface area contributed by atoms with Gasteiger partial charge in [-0.15, -0.1) is 0 Å². The molecule has 1 heterocycles. The van der Waals surface area contributed by atoms with Crippen molar-refractivity contribution in [2.75, 3.05) is 20.3 Å². The summed E-state index contributed by atoms with van der Waals surface area (Å²) in [4.78, 5) is 32.3. The molecule has 1 atom stereocenters. The topological polar surface area (TPSA) is 90.9 Å². The molecule has 16 heavy (non-hydrogen) atoms. The van der Waals surface area contributed by atoms with Gasteiger partial charge in [0, 0.05) is 12.2 Å². The van der Waals surface area contributed by atoms with Gasteiger partial charge in [0.2, 0.25) is 0 Å². The largest absolute Gasteiger partial charge is 0.466 e. The number of ether oxygens (including phenoxy) is 3. The van der Waals surface area contributed by atoms with Gasteiger partial charge in [0.15, 0.2) is 0 Å². The third kappa shape index (κ3) is 3.99. The van der Waals surface area contributed by atoms with E-state index in [2.05, 4.69) is 14.8 Å². The molecule has 0 aromatic heterocycles. The fourth-order valence-corrected chi connectivity index (χ4v) is 0.951. The highest BCUT2D eigenvalue weighted by atomic mass is 16.6. The van der Waals surface area contributed by atoms with Crippen molar-refractivity contribution in [2.45, 2.75) is 6.04 Å². The molecular weight excluding hydrogens is 218 g/mol. The van der Waals surface area contributed by atoms with E-state index in [9.17, 15) is 14.4 Å². The van der Waals surface area contributed by atoms with E-state index in [0.717, 1.165) is 12.2 Å². The lowest BCUT2D eigenvalue weighted by molar-refractivity contribution is -0.139. The van der Waals surface area contributed by atoms with Crippen LogP contribution in [0.15, 0.2) is 12.2 Å². The van der Waals surface area contributed by atoms with Crippen LogP contribution in [0.1, 0.15) is 0 Å². The van der Waals surface area contributed by atoms with Crippen molar-refractivity contribution in [1.29, 1.82) is 0 Å². The zero-order chi connectivity index (χ0) is 12.0. The Labute approximate surface area is 91.3 Å². The van der Waals surface area contributed by atoms with Gasteiger partial charge in [0.25, 0.3) is 0 Å². The number of carbonyl (C=O) groups is 3. The highest BCUT2D eigenvalue weighted by molar-refractivity contribution is 5.91. The molecule has 0 aromatic rings. The van der Waals surface area contributed by atoms with E-state index in [0.29, 0.717) is 0 Å². The highest BCUT2D eigenvalue weighted by Gasteiger charge is 2.22. The van der Waals surface area contributed by atoms with E-state index < -0.39 is 18.0 Å². The van der Waals surface area contributed by atoms with Gasteiger partial charge >= 0.3 is 18.0 Å². The maximum atomic E-state index is 11.0. The second-order valence-electron chi connectivity index (χ2n) is 2.93. The van der Waals surface area contributed by atoms with Crippen molar-refractivity contribution in [3.05, 3.63) is 12.2 Å². The minimum absolute atomic E-state index is 0.00388. The van der Waals surface area contributed by atoms with Gasteiger partial charge in [-0.05, 0) is 0 Å². The Balaban J connectivity index is 2.22. The second kappa shape index (κ2) is 5.74. The Hall–Kier alpha value is -2.05. The lowest BCUT2D eigenvalue weighted by Crippen LogP contribution is -2.31. The van der Waals surface area contributed by atoms with Crippen molar-refractivity contribution in [1.82, 2.24) is 5.32 Å². The van der Waals surface area contributed by atoms with Crippen LogP contribution in [0.25, 0.3) is 0 Å². The first-order chi connectivity index (χ1) is 7.61. The zero-order valence-electron chi connectivity index (χ0n) is 8.60. The Morgan fingerprint density at radius 2 is 2.19 bits per heavy atom. The minimum atomic E-state index is -0.688. The molecule has 0 aromatic carbocycles. The molecule has 1 rings (SSSR count). The van der Waals surface area contributed by atoms with Crippen molar-refractivity contribution in [3.63, 3.8) is 0 Å². The van der Waals surface area contributed by atoms with Crippen LogP contribution < -0.4 is 5.32 Å². The van der Waals surface area contributed by atoms with Crippen LogP contribution in [0.2, 0.25) is 0 Å². The molecular formula is C9H11NO6. The number of esters is 2. The summed E-state index contributed by atoms with van der Waals surface area (Å²) in [5, 5.41) is 2.43. The van der Waals surface area contributed by atoms with Crippen LogP contribution in [0.4, 0.5) is 4.79 Å². The third-order valence-electron chi connectivity index (χ3n) is 1.72. The van der Waals surface area contributed by atoms with Crippen LogP contribution in [0.3, 0.4) is 0 Å². The predicted molar refractivity (Wildman–Crippen MR) is 50.4 cm³/mol. The van der Waals surface area contributed by atoms with E-state index >= 15 is 0 Å². The van der Waals surface area contributed by atoms with E-state index in [-0.39, 0.29) is 19.3 Å². The average Bonchev–Trinajstić information content (AvgIpc) is 2.69. The molecule has 1 aliphatic heterocycles. The molecule has 7 nitrogen and oxygen atoms in total. The lowest BCUT2D eigenvalue weighted by Gasteiger charge is -2.06. The first-order valence-electron chi connectivity index (χ1n) is 4.48. The van der Waals surface area contributed by atoms with Gasteiger partial charge in [-0.25, -0.2) is 14.4 Å². The summed E-state index contributed by atoms with van der Waals surface area (Å²) in [5.74, 6) is -1.33. The number of cyclic esters (lactones) is 1. The Bertz CT molecular complexity index is 324. The van der Waals surface area contributed by atoms with Crippen molar-refractivity contribution in [2.24, 2.45) is 0 Å². The predicted octanol–water partition coefficient (Wildman–Crippen LogP) is -0.633. The summed E-state index contributed by atoms with van der Waals surface area (Å²) >= 11 is 0. The fraction of sp³-hybridized carbons (Fsp3) is 0.444. The van der Waals surface area contributed by atoms with Crippen LogP contribution >= 0.6 is 0 Å². The van der Waals surface area contributed by atoms with Crippen LogP contribution in [0, 0.1) is 0 Å². The van der Waals surface area contributed by atoms with E-state index in [1.54, 1.807) is 0 Å². The maximum Gasteiger partial charge on any atom is 0.407 e. The molecule has 1 fully saturated rings. The summed E-state index contributed by atoms with van der Waals surface area (Å²) in [6, 6.07) is -0.344. The summed E-state index contributed by atoms with van der Waals surface area (Å²) < 4.78 is 13.6. The van der Waals surface area contributed by atoms with Gasteiger partial charge in [0.1, 0.15) is 19.3 Å². The molecule has 1 N–H and O–H groups in total.